The van der Waals surface area contributed by atoms with Gasteiger partial charge in [-0.3, -0.25) is 0 Å². The van der Waals surface area contributed by atoms with Gasteiger partial charge in [0.15, 0.2) is 0 Å². The van der Waals surface area contributed by atoms with Gasteiger partial charge in [-0.15, -0.1) is 12.3 Å². The van der Waals surface area contributed by atoms with Crippen LogP contribution in [-0.4, -0.2) is 31.8 Å². The van der Waals surface area contributed by atoms with E-state index in [2.05, 4.69) is 11.2 Å². The zero-order valence-corrected chi connectivity index (χ0v) is 8.60. The van der Waals surface area contributed by atoms with Crippen molar-refractivity contribution in [2.45, 2.75) is 25.8 Å². The molecule has 0 spiro atoms. The van der Waals surface area contributed by atoms with Crippen LogP contribution in [0.15, 0.2) is 0 Å². The van der Waals surface area contributed by atoms with Crippen molar-refractivity contribution in [3.05, 3.63) is 0 Å². The molecule has 3 N–H and O–H groups in total. The van der Waals surface area contributed by atoms with E-state index in [4.69, 9.17) is 16.9 Å². The maximum Gasteiger partial charge on any atom is 0.0657 e. The molecule has 0 saturated heterocycles. The third-order valence-corrected chi connectivity index (χ3v) is 1.90. The topological polar surface area (TPSA) is 47.3 Å². The number of terminal acetylenes is 1. The largest absolute Gasteiger partial charge is 0.380 e. The lowest BCUT2D eigenvalue weighted by Gasteiger charge is -2.28. The van der Waals surface area contributed by atoms with E-state index in [9.17, 15) is 0 Å². The molecular weight excluding hydrogens is 164 g/mol. The van der Waals surface area contributed by atoms with E-state index in [-0.39, 0.29) is 5.54 Å². The minimum Gasteiger partial charge on any atom is -0.380 e. The van der Waals surface area contributed by atoms with Gasteiger partial charge in [0.25, 0.3) is 0 Å². The first-order valence-corrected chi connectivity index (χ1v) is 4.65. The molecule has 1 unspecified atom stereocenters. The Labute approximate surface area is 81.0 Å². The summed E-state index contributed by atoms with van der Waals surface area (Å²) in [5.41, 5.74) is 5.49. The zero-order valence-electron chi connectivity index (χ0n) is 8.60. The SMILES string of the molecule is C#CCCNC(C)(CN)COCC. The number of ether oxygens (including phenoxy) is 1. The van der Waals surface area contributed by atoms with Gasteiger partial charge in [0.2, 0.25) is 0 Å². The number of hydrogen-bond donors (Lipinski definition) is 2. The Kier molecular flexibility index (Phi) is 6.61. The van der Waals surface area contributed by atoms with Crippen LogP contribution in [0, 0.1) is 12.3 Å². The highest BCUT2D eigenvalue weighted by Crippen LogP contribution is 2.01. The second-order valence-corrected chi connectivity index (χ2v) is 3.28. The van der Waals surface area contributed by atoms with Gasteiger partial charge in [0, 0.05) is 26.1 Å². The van der Waals surface area contributed by atoms with Crippen LogP contribution in [0.3, 0.4) is 0 Å². The van der Waals surface area contributed by atoms with Gasteiger partial charge < -0.3 is 15.8 Å². The molecule has 0 saturated carbocycles. The second kappa shape index (κ2) is 6.90. The smallest absolute Gasteiger partial charge is 0.0657 e. The molecule has 76 valence electrons. The van der Waals surface area contributed by atoms with E-state index in [0.717, 1.165) is 13.0 Å². The molecule has 0 aromatic rings. The van der Waals surface area contributed by atoms with E-state index < -0.39 is 0 Å². The quantitative estimate of drug-likeness (QED) is 0.443. The molecular formula is C10H20N2O. The molecule has 1 atom stereocenters. The first-order chi connectivity index (χ1) is 6.18. The van der Waals surface area contributed by atoms with Crippen molar-refractivity contribution in [2.24, 2.45) is 5.73 Å². The van der Waals surface area contributed by atoms with Gasteiger partial charge in [-0.2, -0.15) is 0 Å². The minimum atomic E-state index is -0.146. The number of nitrogens with one attached hydrogen (secondary N) is 1. The zero-order chi connectivity index (χ0) is 10.2. The summed E-state index contributed by atoms with van der Waals surface area (Å²) in [7, 11) is 0. The lowest BCUT2D eigenvalue weighted by atomic mass is 10.0. The molecule has 0 aliphatic rings. The Morgan fingerprint density at radius 3 is 2.77 bits per heavy atom. The van der Waals surface area contributed by atoms with Gasteiger partial charge in [0.05, 0.1) is 12.1 Å². The molecule has 3 nitrogen and oxygen atoms in total. The molecule has 0 aromatic carbocycles. The molecule has 0 aliphatic heterocycles. The maximum absolute atomic E-state index is 5.64. The Morgan fingerprint density at radius 2 is 2.31 bits per heavy atom. The summed E-state index contributed by atoms with van der Waals surface area (Å²) in [4.78, 5) is 0. The van der Waals surface area contributed by atoms with Crippen LogP contribution in [0.25, 0.3) is 0 Å². The molecule has 0 fully saturated rings. The van der Waals surface area contributed by atoms with Crippen molar-refractivity contribution in [2.75, 3.05) is 26.3 Å². The minimum absolute atomic E-state index is 0.146. The summed E-state index contributed by atoms with van der Waals surface area (Å²) in [6, 6.07) is 0. The van der Waals surface area contributed by atoms with E-state index >= 15 is 0 Å². The van der Waals surface area contributed by atoms with Crippen molar-refractivity contribution in [1.29, 1.82) is 0 Å². The Bertz CT molecular complexity index is 165. The van der Waals surface area contributed by atoms with Gasteiger partial charge >= 0.3 is 0 Å². The van der Waals surface area contributed by atoms with Crippen molar-refractivity contribution in [3.63, 3.8) is 0 Å². The summed E-state index contributed by atoms with van der Waals surface area (Å²) < 4.78 is 5.33. The van der Waals surface area contributed by atoms with Gasteiger partial charge in [-0.25, -0.2) is 0 Å². The molecule has 13 heavy (non-hydrogen) atoms. The van der Waals surface area contributed by atoms with Crippen LogP contribution in [-0.2, 0) is 4.74 Å². The summed E-state index contributed by atoms with van der Waals surface area (Å²) in [5, 5.41) is 3.29. The third kappa shape index (κ3) is 5.64. The molecule has 0 bridgehead atoms. The lowest BCUT2D eigenvalue weighted by Crippen LogP contribution is -2.52. The monoisotopic (exact) mass is 184 g/mol. The molecule has 0 radical (unpaired) electrons. The molecule has 0 rings (SSSR count). The predicted molar refractivity (Wildman–Crippen MR) is 55.4 cm³/mol. The summed E-state index contributed by atoms with van der Waals surface area (Å²) >= 11 is 0. The first kappa shape index (κ1) is 12.4. The number of hydrogen-bond acceptors (Lipinski definition) is 3. The maximum atomic E-state index is 5.64. The third-order valence-electron chi connectivity index (χ3n) is 1.90. The van der Waals surface area contributed by atoms with Crippen molar-refractivity contribution in [1.82, 2.24) is 5.32 Å². The number of rotatable bonds is 7. The molecule has 0 aromatic heterocycles. The Morgan fingerprint density at radius 1 is 1.62 bits per heavy atom. The average Bonchev–Trinajstić information content (AvgIpc) is 2.15. The predicted octanol–water partition coefficient (Wildman–Crippen LogP) is 0.353. The second-order valence-electron chi connectivity index (χ2n) is 3.28. The van der Waals surface area contributed by atoms with E-state index in [1.807, 2.05) is 13.8 Å². The highest BCUT2D eigenvalue weighted by Gasteiger charge is 2.20. The molecule has 0 amide bonds. The van der Waals surface area contributed by atoms with Crippen LogP contribution < -0.4 is 11.1 Å². The number of nitrogens with two attached hydrogens (primary N) is 1. The van der Waals surface area contributed by atoms with E-state index in [1.54, 1.807) is 0 Å². The highest BCUT2D eigenvalue weighted by molar-refractivity contribution is 4.89. The summed E-state index contributed by atoms with van der Waals surface area (Å²) in [6.07, 6.45) is 5.87. The fourth-order valence-electron chi connectivity index (χ4n) is 0.946. The van der Waals surface area contributed by atoms with Crippen LogP contribution in [0.5, 0.6) is 0 Å². The standard InChI is InChI=1S/C10H20N2O/c1-4-6-7-12-10(3,8-11)9-13-5-2/h1,12H,5-9,11H2,2-3H3. The molecule has 0 aliphatic carbocycles. The normalized spacial score (nSPS) is 14.9. The van der Waals surface area contributed by atoms with Crippen molar-refractivity contribution >= 4 is 0 Å². The summed E-state index contributed by atoms with van der Waals surface area (Å²) in [6.45, 7) is 6.70. The van der Waals surface area contributed by atoms with E-state index in [0.29, 0.717) is 19.8 Å². The van der Waals surface area contributed by atoms with Crippen LogP contribution in [0.2, 0.25) is 0 Å². The highest BCUT2D eigenvalue weighted by atomic mass is 16.5. The van der Waals surface area contributed by atoms with Gasteiger partial charge in [-0.05, 0) is 13.8 Å². The first-order valence-electron chi connectivity index (χ1n) is 4.65. The average molecular weight is 184 g/mol. The van der Waals surface area contributed by atoms with Crippen LogP contribution >= 0.6 is 0 Å². The fourth-order valence-corrected chi connectivity index (χ4v) is 0.946. The Balaban J connectivity index is 3.75. The van der Waals surface area contributed by atoms with Crippen molar-refractivity contribution < 1.29 is 4.74 Å². The summed E-state index contributed by atoms with van der Waals surface area (Å²) in [5.74, 6) is 2.58. The van der Waals surface area contributed by atoms with Gasteiger partial charge in [0.1, 0.15) is 0 Å². The van der Waals surface area contributed by atoms with Crippen LogP contribution in [0.4, 0.5) is 0 Å². The van der Waals surface area contributed by atoms with Crippen LogP contribution in [0.1, 0.15) is 20.3 Å². The van der Waals surface area contributed by atoms with Crippen molar-refractivity contribution in [3.8, 4) is 12.3 Å². The Hall–Kier alpha value is -0.560. The molecule has 0 heterocycles. The molecule has 3 heteroatoms. The van der Waals surface area contributed by atoms with Gasteiger partial charge in [-0.1, -0.05) is 0 Å². The fraction of sp³-hybridized carbons (Fsp3) is 0.800. The van der Waals surface area contributed by atoms with E-state index in [1.165, 1.54) is 0 Å². The lowest BCUT2D eigenvalue weighted by molar-refractivity contribution is 0.0880.